The number of nitriles is 1. The highest BCUT2D eigenvalue weighted by Crippen LogP contribution is 2.29. The molecule has 0 aliphatic rings. The Labute approximate surface area is 123 Å². The summed E-state index contributed by atoms with van der Waals surface area (Å²) < 4.78 is 5.33. The third-order valence-corrected chi connectivity index (χ3v) is 3.50. The molecule has 0 aliphatic carbocycles. The van der Waals surface area contributed by atoms with Crippen molar-refractivity contribution in [2.24, 2.45) is 0 Å². The lowest BCUT2D eigenvalue weighted by Gasteiger charge is -2.13. The minimum Gasteiger partial charge on any atom is -0.495 e. The molecule has 4 heteroatoms. The molecule has 0 fully saturated rings. The maximum absolute atomic E-state index is 9.22. The van der Waals surface area contributed by atoms with Crippen molar-refractivity contribution in [3.63, 3.8) is 0 Å². The second-order valence-electron chi connectivity index (χ2n) is 4.71. The van der Waals surface area contributed by atoms with E-state index in [0.717, 1.165) is 16.8 Å². The van der Waals surface area contributed by atoms with Crippen molar-refractivity contribution in [2.45, 2.75) is 6.54 Å². The van der Waals surface area contributed by atoms with Crippen LogP contribution in [0.4, 0.5) is 5.69 Å². The van der Waals surface area contributed by atoms with Crippen LogP contribution in [0.3, 0.4) is 0 Å². The molecule has 0 aliphatic heterocycles. The summed E-state index contributed by atoms with van der Waals surface area (Å²) in [7, 11) is 1.60. The second-order valence-corrected chi connectivity index (χ2v) is 4.71. The fraction of sp³-hybridized carbons (Fsp3) is 0.118. The number of hydrogen-bond acceptors (Lipinski definition) is 3. The van der Waals surface area contributed by atoms with E-state index in [-0.39, 0.29) is 0 Å². The Morgan fingerprint density at radius 3 is 2.86 bits per heavy atom. The predicted molar refractivity (Wildman–Crippen MR) is 83.3 cm³/mol. The number of methoxy groups -OCH3 is 1. The van der Waals surface area contributed by atoms with E-state index in [2.05, 4.69) is 28.5 Å². The van der Waals surface area contributed by atoms with Crippen LogP contribution in [0.5, 0.6) is 5.75 Å². The summed E-state index contributed by atoms with van der Waals surface area (Å²) in [4.78, 5) is 3.25. The molecule has 0 saturated carbocycles. The quantitative estimate of drug-likeness (QED) is 0.765. The number of nitrogens with one attached hydrogen (secondary N) is 2. The van der Waals surface area contributed by atoms with Gasteiger partial charge in [-0.1, -0.05) is 24.3 Å². The highest BCUT2D eigenvalue weighted by molar-refractivity contribution is 5.82. The van der Waals surface area contributed by atoms with E-state index in [1.807, 2.05) is 30.5 Å². The molecule has 0 unspecified atom stereocenters. The fourth-order valence-corrected chi connectivity index (χ4v) is 2.46. The summed E-state index contributed by atoms with van der Waals surface area (Å²) in [6.07, 6.45) is 1.93. The number of rotatable bonds is 4. The minimum atomic E-state index is 0.577. The number of para-hydroxylation sites is 2. The second kappa shape index (κ2) is 5.59. The number of anilines is 1. The molecule has 0 atom stereocenters. The maximum Gasteiger partial charge on any atom is 0.143 e. The van der Waals surface area contributed by atoms with Gasteiger partial charge in [-0.15, -0.1) is 0 Å². The summed E-state index contributed by atoms with van der Waals surface area (Å²) in [5.41, 5.74) is 3.56. The van der Waals surface area contributed by atoms with Crippen molar-refractivity contribution < 1.29 is 4.74 Å². The molecule has 3 rings (SSSR count). The molecule has 1 heterocycles. The first-order valence-electron chi connectivity index (χ1n) is 6.69. The number of fused-ring (bicyclic) bond motifs is 1. The number of ether oxygens (including phenoxy) is 1. The molecule has 0 saturated heterocycles. The highest BCUT2D eigenvalue weighted by Gasteiger charge is 2.09. The zero-order valence-electron chi connectivity index (χ0n) is 11.7. The van der Waals surface area contributed by atoms with Crippen LogP contribution >= 0.6 is 0 Å². The van der Waals surface area contributed by atoms with Gasteiger partial charge in [0.25, 0.3) is 0 Å². The molecular formula is C17H15N3O. The summed E-state index contributed by atoms with van der Waals surface area (Å²) >= 11 is 0. The summed E-state index contributed by atoms with van der Waals surface area (Å²) in [6, 6.07) is 15.8. The Kier molecular flexibility index (Phi) is 3.48. The molecule has 104 valence electrons. The van der Waals surface area contributed by atoms with Crippen LogP contribution in [0.2, 0.25) is 0 Å². The molecule has 4 nitrogen and oxygen atoms in total. The summed E-state index contributed by atoms with van der Waals surface area (Å²) in [6.45, 7) is 0.618. The fourth-order valence-electron chi connectivity index (χ4n) is 2.46. The van der Waals surface area contributed by atoms with Gasteiger partial charge in [-0.2, -0.15) is 5.26 Å². The zero-order valence-corrected chi connectivity index (χ0v) is 11.7. The van der Waals surface area contributed by atoms with Gasteiger partial charge in [0, 0.05) is 12.7 Å². The van der Waals surface area contributed by atoms with Gasteiger partial charge in [-0.3, -0.25) is 0 Å². The lowest BCUT2D eigenvalue weighted by Crippen LogP contribution is -2.04. The third kappa shape index (κ3) is 2.41. The molecule has 2 N–H and O–H groups in total. The van der Waals surface area contributed by atoms with Crippen LogP contribution in [0.15, 0.2) is 48.7 Å². The van der Waals surface area contributed by atoms with Gasteiger partial charge in [-0.25, -0.2) is 0 Å². The first-order valence-corrected chi connectivity index (χ1v) is 6.69. The van der Waals surface area contributed by atoms with Crippen molar-refractivity contribution in [2.75, 3.05) is 12.4 Å². The van der Waals surface area contributed by atoms with Gasteiger partial charge in [0.15, 0.2) is 0 Å². The average Bonchev–Trinajstić information content (AvgIpc) is 3.01. The van der Waals surface area contributed by atoms with E-state index in [9.17, 15) is 5.26 Å². The number of aromatic nitrogens is 1. The molecule has 0 spiro atoms. The van der Waals surface area contributed by atoms with E-state index in [1.165, 1.54) is 5.39 Å². The van der Waals surface area contributed by atoms with Gasteiger partial charge in [0.2, 0.25) is 0 Å². The SMILES string of the molecule is COc1cccc(C#N)c1NCc1cccc2cc[nH]c12. The first kappa shape index (κ1) is 13.1. The smallest absolute Gasteiger partial charge is 0.143 e. The van der Waals surface area contributed by atoms with E-state index in [4.69, 9.17) is 4.74 Å². The maximum atomic E-state index is 9.22. The highest BCUT2D eigenvalue weighted by atomic mass is 16.5. The topological polar surface area (TPSA) is 60.8 Å². The molecule has 2 aromatic carbocycles. The van der Waals surface area contributed by atoms with E-state index < -0.39 is 0 Å². The van der Waals surface area contributed by atoms with Crippen molar-refractivity contribution in [3.05, 3.63) is 59.8 Å². The van der Waals surface area contributed by atoms with Crippen molar-refractivity contribution in [1.29, 1.82) is 5.26 Å². The Morgan fingerprint density at radius 1 is 1.19 bits per heavy atom. The van der Waals surface area contributed by atoms with Gasteiger partial charge in [-0.05, 0) is 29.1 Å². The van der Waals surface area contributed by atoms with Crippen LogP contribution < -0.4 is 10.1 Å². The number of H-pyrrole nitrogens is 1. The van der Waals surface area contributed by atoms with Crippen LogP contribution in [0.25, 0.3) is 10.9 Å². The van der Waals surface area contributed by atoms with Crippen LogP contribution in [-0.4, -0.2) is 12.1 Å². The van der Waals surface area contributed by atoms with E-state index in [0.29, 0.717) is 17.9 Å². The van der Waals surface area contributed by atoms with Crippen LogP contribution in [-0.2, 0) is 6.54 Å². The standard InChI is InChI=1S/C17H15N3O/c1-21-15-7-3-5-13(10-18)17(15)20-11-14-6-2-4-12-8-9-19-16(12)14/h2-9,19-20H,11H2,1H3. The summed E-state index contributed by atoms with van der Waals surface area (Å²) in [5.74, 6) is 0.674. The van der Waals surface area contributed by atoms with E-state index in [1.54, 1.807) is 13.2 Å². The first-order chi connectivity index (χ1) is 10.3. The largest absolute Gasteiger partial charge is 0.495 e. The van der Waals surface area contributed by atoms with Gasteiger partial charge in [0.1, 0.15) is 11.8 Å². The van der Waals surface area contributed by atoms with Crippen LogP contribution in [0, 0.1) is 11.3 Å². The number of hydrogen-bond donors (Lipinski definition) is 2. The Balaban J connectivity index is 1.92. The minimum absolute atomic E-state index is 0.577. The number of benzene rings is 2. The third-order valence-electron chi connectivity index (χ3n) is 3.50. The lowest BCUT2D eigenvalue weighted by atomic mass is 10.1. The Hall–Kier alpha value is -2.93. The molecular weight excluding hydrogens is 262 g/mol. The monoisotopic (exact) mass is 277 g/mol. The van der Waals surface area contributed by atoms with Crippen molar-refractivity contribution >= 4 is 16.6 Å². The van der Waals surface area contributed by atoms with Gasteiger partial charge < -0.3 is 15.0 Å². The molecule has 3 aromatic rings. The van der Waals surface area contributed by atoms with Crippen LogP contribution in [0.1, 0.15) is 11.1 Å². The Morgan fingerprint density at radius 2 is 2.05 bits per heavy atom. The molecule has 0 radical (unpaired) electrons. The number of nitrogens with zero attached hydrogens (tertiary/aromatic N) is 1. The van der Waals surface area contributed by atoms with Crippen molar-refractivity contribution in [1.82, 2.24) is 4.98 Å². The number of aromatic amines is 1. The molecule has 0 bridgehead atoms. The lowest BCUT2D eigenvalue weighted by molar-refractivity contribution is 0.416. The van der Waals surface area contributed by atoms with E-state index >= 15 is 0 Å². The van der Waals surface area contributed by atoms with Gasteiger partial charge >= 0.3 is 0 Å². The normalized spacial score (nSPS) is 10.3. The van der Waals surface area contributed by atoms with Crippen molar-refractivity contribution in [3.8, 4) is 11.8 Å². The Bertz CT molecular complexity index is 814. The molecule has 1 aromatic heterocycles. The zero-order chi connectivity index (χ0) is 14.7. The molecule has 0 amide bonds. The predicted octanol–water partition coefficient (Wildman–Crippen LogP) is 3.66. The molecule has 21 heavy (non-hydrogen) atoms. The summed E-state index contributed by atoms with van der Waals surface area (Å²) in [5, 5.41) is 13.7. The average molecular weight is 277 g/mol. The van der Waals surface area contributed by atoms with Gasteiger partial charge in [0.05, 0.1) is 23.9 Å².